The van der Waals surface area contributed by atoms with Crippen LogP contribution in [0.4, 0.5) is 39.5 Å². The van der Waals surface area contributed by atoms with E-state index in [1.54, 1.807) is 0 Å². The smallest absolute Gasteiger partial charge is 0.406 e. The highest BCUT2D eigenvalue weighted by Crippen LogP contribution is 2.36. The molecule has 0 radical (unpaired) electrons. The van der Waals surface area contributed by atoms with Crippen molar-refractivity contribution in [1.29, 1.82) is 0 Å². The molecule has 0 aromatic heterocycles. The lowest BCUT2D eigenvalue weighted by Crippen LogP contribution is -2.22. The molecule has 0 bridgehead atoms. The van der Waals surface area contributed by atoms with Crippen LogP contribution in [0.1, 0.15) is 0 Å². The Balaban J connectivity index is 1.97. The van der Waals surface area contributed by atoms with Gasteiger partial charge in [-0.1, -0.05) is 36.4 Å². The molecule has 0 saturated heterocycles. The van der Waals surface area contributed by atoms with Crippen molar-refractivity contribution in [1.82, 2.24) is 0 Å². The van der Waals surface area contributed by atoms with Crippen molar-refractivity contribution in [2.75, 3.05) is 0 Å². The molecule has 0 amide bonds. The van der Waals surface area contributed by atoms with Gasteiger partial charge in [0.1, 0.15) is 17.2 Å². The van der Waals surface area contributed by atoms with Gasteiger partial charge in [0.05, 0.1) is 0 Å². The molecule has 3 aromatic carbocycles. The normalized spacial score (nSPS) is 12.5. The maximum atomic E-state index is 12.4. The fourth-order valence-corrected chi connectivity index (χ4v) is 5.07. The SMILES string of the molecule is FC(F)(F)Oc1ccc(P(c2ccc(OC(F)(F)F)cc2)c2ccc(OC(F)(F)F)cc2)cc1. The van der Waals surface area contributed by atoms with Crippen LogP contribution in [0.25, 0.3) is 0 Å². The van der Waals surface area contributed by atoms with Crippen LogP contribution in [-0.2, 0) is 0 Å². The molecule has 3 aromatic rings. The minimum Gasteiger partial charge on any atom is -0.406 e. The van der Waals surface area contributed by atoms with Gasteiger partial charge in [-0.05, 0) is 60.2 Å². The molecule has 3 rings (SSSR count). The van der Waals surface area contributed by atoms with E-state index in [0.29, 0.717) is 15.9 Å². The second-order valence-electron chi connectivity index (χ2n) is 6.46. The molecule has 0 unspecified atom stereocenters. The summed E-state index contributed by atoms with van der Waals surface area (Å²) in [6.07, 6.45) is -14.7. The lowest BCUT2D eigenvalue weighted by atomic mass is 10.3. The summed E-state index contributed by atoms with van der Waals surface area (Å²) in [5, 5.41) is 1.37. The fraction of sp³-hybridized carbons (Fsp3) is 0.143. The molecule has 0 fully saturated rings. The Morgan fingerprint density at radius 2 is 0.588 bits per heavy atom. The molecule has 13 heteroatoms. The van der Waals surface area contributed by atoms with Crippen molar-refractivity contribution in [2.45, 2.75) is 19.1 Å². The molecule has 0 heterocycles. The summed E-state index contributed by atoms with van der Waals surface area (Å²) in [4.78, 5) is 0. The maximum Gasteiger partial charge on any atom is 0.573 e. The van der Waals surface area contributed by atoms with Gasteiger partial charge < -0.3 is 14.2 Å². The standard InChI is InChI=1S/C21H12F9O3P/c22-19(23,24)31-13-1-7-16(8-2-13)34(17-9-3-14(4-10-17)32-20(25,26)27)18-11-5-15(6-12-18)33-21(28,29)30/h1-12H. The van der Waals surface area contributed by atoms with Crippen molar-refractivity contribution in [3.8, 4) is 17.2 Å². The summed E-state index contributed by atoms with van der Waals surface area (Å²) in [6, 6.07) is 14.3. The van der Waals surface area contributed by atoms with Gasteiger partial charge in [0.2, 0.25) is 0 Å². The third-order valence-electron chi connectivity index (χ3n) is 3.99. The highest BCUT2D eigenvalue weighted by atomic mass is 31.1. The number of hydrogen-bond donors (Lipinski definition) is 0. The summed E-state index contributed by atoms with van der Waals surface area (Å²) in [5.74, 6) is -1.47. The van der Waals surface area contributed by atoms with Crippen LogP contribution in [0.2, 0.25) is 0 Å². The zero-order chi connectivity index (χ0) is 25.1. The Hall–Kier alpha value is -3.14. The minimum atomic E-state index is -4.91. The number of ether oxygens (including phenoxy) is 3. The van der Waals surface area contributed by atoms with Crippen molar-refractivity contribution in [3.63, 3.8) is 0 Å². The predicted molar refractivity (Wildman–Crippen MR) is 105 cm³/mol. The van der Waals surface area contributed by atoms with Crippen LogP contribution in [0.5, 0.6) is 17.2 Å². The van der Waals surface area contributed by atoms with E-state index in [-0.39, 0.29) is 0 Å². The van der Waals surface area contributed by atoms with Gasteiger partial charge in [-0.3, -0.25) is 0 Å². The van der Waals surface area contributed by atoms with Gasteiger partial charge in [0, 0.05) is 0 Å². The molecule has 182 valence electrons. The van der Waals surface area contributed by atoms with Crippen LogP contribution in [0.15, 0.2) is 72.8 Å². The van der Waals surface area contributed by atoms with E-state index < -0.39 is 44.3 Å². The quantitative estimate of drug-likeness (QED) is 0.292. The number of alkyl halides is 9. The van der Waals surface area contributed by atoms with E-state index >= 15 is 0 Å². The van der Waals surface area contributed by atoms with Crippen LogP contribution in [0, 0.1) is 0 Å². The first-order chi connectivity index (χ1) is 15.7. The second kappa shape index (κ2) is 9.61. The summed E-state index contributed by atoms with van der Waals surface area (Å²) < 4.78 is 123. The topological polar surface area (TPSA) is 27.7 Å². The Labute approximate surface area is 187 Å². The van der Waals surface area contributed by atoms with Crippen molar-refractivity contribution < 1.29 is 53.7 Å². The Bertz CT molecular complexity index is 934. The van der Waals surface area contributed by atoms with Crippen molar-refractivity contribution >= 4 is 23.8 Å². The van der Waals surface area contributed by atoms with Crippen molar-refractivity contribution in [3.05, 3.63) is 72.8 Å². The lowest BCUT2D eigenvalue weighted by Gasteiger charge is -2.21. The molecule has 0 aliphatic carbocycles. The zero-order valence-corrected chi connectivity index (χ0v) is 17.4. The molecule has 3 nitrogen and oxygen atoms in total. The number of benzene rings is 3. The zero-order valence-electron chi connectivity index (χ0n) is 16.5. The summed E-state index contributed by atoms with van der Waals surface area (Å²) >= 11 is 0. The molecule has 0 aliphatic rings. The Kier molecular flexibility index (Phi) is 7.21. The van der Waals surface area contributed by atoms with E-state index in [2.05, 4.69) is 14.2 Å². The van der Waals surface area contributed by atoms with Gasteiger partial charge in [-0.2, -0.15) is 0 Å². The van der Waals surface area contributed by atoms with E-state index in [0.717, 1.165) is 36.4 Å². The van der Waals surface area contributed by atoms with Crippen LogP contribution < -0.4 is 30.1 Å². The maximum absolute atomic E-state index is 12.4. The molecular formula is C21H12F9O3P. The van der Waals surface area contributed by atoms with Gasteiger partial charge in [0.25, 0.3) is 0 Å². The summed E-state index contributed by atoms with van der Waals surface area (Å²) in [5.41, 5.74) is 0. The van der Waals surface area contributed by atoms with Gasteiger partial charge in [0.15, 0.2) is 0 Å². The molecule has 0 aliphatic heterocycles. The third-order valence-corrected chi connectivity index (χ3v) is 6.43. The predicted octanol–water partition coefficient (Wildman–Crippen LogP) is 6.14. The van der Waals surface area contributed by atoms with E-state index in [1.807, 2.05) is 0 Å². The summed E-state index contributed by atoms with van der Waals surface area (Å²) in [6.45, 7) is 0. The first-order valence-corrected chi connectivity index (χ1v) is 10.4. The second-order valence-corrected chi connectivity index (χ2v) is 8.68. The fourth-order valence-electron chi connectivity index (χ4n) is 2.84. The third kappa shape index (κ3) is 7.72. The Morgan fingerprint density at radius 3 is 0.765 bits per heavy atom. The highest BCUT2D eigenvalue weighted by Gasteiger charge is 2.33. The molecule has 0 saturated carbocycles. The average Bonchev–Trinajstić information content (AvgIpc) is 2.69. The molecule has 0 atom stereocenters. The number of hydrogen-bond acceptors (Lipinski definition) is 3. The Morgan fingerprint density at radius 1 is 0.382 bits per heavy atom. The summed E-state index contributed by atoms with van der Waals surface area (Å²) in [7, 11) is -1.59. The van der Waals surface area contributed by atoms with Gasteiger partial charge in [-0.15, -0.1) is 39.5 Å². The largest absolute Gasteiger partial charge is 0.573 e. The van der Waals surface area contributed by atoms with Gasteiger partial charge >= 0.3 is 19.1 Å². The highest BCUT2D eigenvalue weighted by molar-refractivity contribution is 7.79. The van der Waals surface area contributed by atoms with E-state index in [9.17, 15) is 39.5 Å². The molecule has 34 heavy (non-hydrogen) atoms. The first kappa shape index (κ1) is 25.5. The van der Waals surface area contributed by atoms with Crippen LogP contribution in [0.3, 0.4) is 0 Å². The molecular weight excluding hydrogens is 502 g/mol. The van der Waals surface area contributed by atoms with Crippen LogP contribution in [-0.4, -0.2) is 19.1 Å². The molecule has 0 spiro atoms. The lowest BCUT2D eigenvalue weighted by molar-refractivity contribution is -0.275. The first-order valence-electron chi connectivity index (χ1n) is 9.06. The average molecular weight is 514 g/mol. The van der Waals surface area contributed by atoms with Gasteiger partial charge in [-0.25, -0.2) is 0 Å². The number of rotatable bonds is 6. The monoisotopic (exact) mass is 514 g/mol. The number of halogens is 9. The van der Waals surface area contributed by atoms with Crippen molar-refractivity contribution in [2.24, 2.45) is 0 Å². The van der Waals surface area contributed by atoms with E-state index in [4.69, 9.17) is 0 Å². The van der Waals surface area contributed by atoms with Crippen LogP contribution >= 0.6 is 7.92 Å². The minimum absolute atomic E-state index is 0.457. The van der Waals surface area contributed by atoms with E-state index in [1.165, 1.54) is 36.4 Å². The molecule has 0 N–H and O–H groups in total.